The Labute approximate surface area is 387 Å². The van der Waals surface area contributed by atoms with Gasteiger partial charge in [0.1, 0.15) is 34.5 Å². The SMILES string of the molecule is c1ccc([Si](c2ccccc2)(c2cccc(-n3c4ccccc4c4ccccc43)c2)c2ccc3c(c2)c2ccccc2n3-c2cc3c4c(c2)Oc2cccc5c2B4c2c(cccc2O3)O5)cc1. The molecule has 5 nitrogen and oxygen atoms in total. The van der Waals surface area contributed by atoms with Crippen LogP contribution in [0.1, 0.15) is 0 Å². The van der Waals surface area contributed by atoms with Crippen molar-refractivity contribution in [2.75, 3.05) is 0 Å². The number of benzene rings is 10. The lowest BCUT2D eigenvalue weighted by Gasteiger charge is -2.37. The molecule has 0 spiro atoms. The summed E-state index contributed by atoms with van der Waals surface area (Å²) < 4.78 is 24.9. The van der Waals surface area contributed by atoms with Crippen LogP contribution in [-0.2, 0) is 0 Å². The van der Waals surface area contributed by atoms with Gasteiger partial charge in [-0.3, -0.25) is 0 Å². The van der Waals surface area contributed by atoms with Crippen molar-refractivity contribution in [1.82, 2.24) is 9.13 Å². The minimum Gasteiger partial charge on any atom is -0.458 e. The number of ether oxygens (including phenoxy) is 3. The molecule has 0 unspecified atom stereocenters. The minimum absolute atomic E-state index is 0.0454. The molecule has 67 heavy (non-hydrogen) atoms. The lowest BCUT2D eigenvalue weighted by Crippen LogP contribution is -2.74. The van der Waals surface area contributed by atoms with Crippen LogP contribution in [0, 0.1) is 0 Å². The summed E-state index contributed by atoms with van der Waals surface area (Å²) in [4.78, 5) is 0. The van der Waals surface area contributed by atoms with Crippen molar-refractivity contribution in [2.24, 2.45) is 0 Å². The van der Waals surface area contributed by atoms with Crippen molar-refractivity contribution in [3.8, 4) is 45.9 Å². The first kappa shape index (κ1) is 36.8. The Morgan fingerprint density at radius 1 is 0.284 bits per heavy atom. The van der Waals surface area contributed by atoms with Crippen LogP contribution in [0.15, 0.2) is 224 Å². The number of hydrogen-bond acceptors (Lipinski definition) is 3. The molecule has 0 bridgehead atoms. The third-order valence-corrected chi connectivity index (χ3v) is 19.3. The van der Waals surface area contributed by atoms with Crippen LogP contribution in [0.3, 0.4) is 0 Å². The molecular weight excluding hydrogens is 836 g/mol. The fourth-order valence-corrected chi connectivity index (χ4v) is 16.7. The smallest absolute Gasteiger partial charge is 0.270 e. The minimum atomic E-state index is -3.03. The van der Waals surface area contributed by atoms with E-state index in [0.717, 1.165) is 73.3 Å². The predicted molar refractivity (Wildman–Crippen MR) is 276 cm³/mol. The monoisotopic (exact) mass is 872 g/mol. The van der Waals surface area contributed by atoms with Gasteiger partial charge in [-0.25, -0.2) is 0 Å². The summed E-state index contributed by atoms with van der Waals surface area (Å²) in [6.45, 7) is -0.0454. The molecular formula is C60H37BN2O3Si. The number of fused-ring (bicyclic) bond motifs is 6. The predicted octanol–water partition coefficient (Wildman–Crippen LogP) is 10.1. The van der Waals surface area contributed by atoms with Gasteiger partial charge in [0.05, 0.1) is 27.8 Å². The van der Waals surface area contributed by atoms with Gasteiger partial charge in [-0.15, -0.1) is 0 Å². The first-order chi connectivity index (χ1) is 33.2. The van der Waals surface area contributed by atoms with E-state index in [1.54, 1.807) is 0 Å². The molecule has 3 aliphatic rings. The van der Waals surface area contributed by atoms with Crippen molar-refractivity contribution in [1.29, 1.82) is 0 Å². The normalized spacial score (nSPS) is 13.1. The van der Waals surface area contributed by atoms with Gasteiger partial charge in [-0.05, 0) is 81.4 Å². The van der Waals surface area contributed by atoms with Crippen LogP contribution < -0.4 is 51.3 Å². The summed E-state index contributed by atoms with van der Waals surface area (Å²) in [5.41, 5.74) is 9.91. The molecule has 0 saturated carbocycles. The van der Waals surface area contributed by atoms with Crippen LogP contribution in [0.2, 0.25) is 0 Å². The molecule has 12 aromatic rings. The maximum Gasteiger partial charge on any atom is 0.270 e. The Hall–Kier alpha value is -8.52. The molecule has 2 aromatic heterocycles. The van der Waals surface area contributed by atoms with Crippen LogP contribution in [0.5, 0.6) is 34.5 Å². The number of nitrogens with zero attached hydrogens (tertiary/aromatic N) is 2. The van der Waals surface area contributed by atoms with E-state index in [1.807, 2.05) is 24.3 Å². The molecule has 0 amide bonds. The van der Waals surface area contributed by atoms with E-state index in [-0.39, 0.29) is 6.71 Å². The third-order valence-electron chi connectivity index (χ3n) is 14.6. The molecule has 0 atom stereocenters. The number of rotatable bonds is 6. The molecule has 15 rings (SSSR count). The fraction of sp³-hybridized carbons (Fsp3) is 0. The Morgan fingerprint density at radius 2 is 0.687 bits per heavy atom. The summed E-state index contributed by atoms with van der Waals surface area (Å²) in [7, 11) is -3.03. The highest BCUT2D eigenvalue weighted by Crippen LogP contribution is 2.44. The maximum absolute atomic E-state index is 6.84. The lowest BCUT2D eigenvalue weighted by atomic mass is 9.34. The molecule has 5 heterocycles. The van der Waals surface area contributed by atoms with E-state index in [1.165, 1.54) is 53.3 Å². The van der Waals surface area contributed by atoms with Crippen molar-refractivity contribution < 1.29 is 14.2 Å². The van der Waals surface area contributed by atoms with Gasteiger partial charge in [-0.1, -0.05) is 152 Å². The van der Waals surface area contributed by atoms with Crippen LogP contribution >= 0.6 is 0 Å². The molecule has 0 fully saturated rings. The molecule has 0 N–H and O–H groups in total. The van der Waals surface area contributed by atoms with E-state index in [0.29, 0.717) is 0 Å². The zero-order valence-electron chi connectivity index (χ0n) is 36.1. The van der Waals surface area contributed by atoms with Crippen LogP contribution in [0.25, 0.3) is 55.0 Å². The van der Waals surface area contributed by atoms with Gasteiger partial charge in [0.15, 0.2) is 8.07 Å². The van der Waals surface area contributed by atoms with E-state index < -0.39 is 8.07 Å². The molecule has 7 heteroatoms. The van der Waals surface area contributed by atoms with E-state index in [4.69, 9.17) is 14.2 Å². The van der Waals surface area contributed by atoms with Crippen molar-refractivity contribution in [3.63, 3.8) is 0 Å². The zero-order valence-corrected chi connectivity index (χ0v) is 37.1. The molecule has 0 radical (unpaired) electrons. The maximum atomic E-state index is 6.84. The van der Waals surface area contributed by atoms with Crippen molar-refractivity contribution >= 4 is 95.5 Å². The number of hydrogen-bond donors (Lipinski definition) is 0. The second kappa shape index (κ2) is 13.8. The zero-order chi connectivity index (χ0) is 43.8. The van der Waals surface area contributed by atoms with E-state index >= 15 is 0 Å². The average Bonchev–Trinajstić information content (AvgIpc) is 3.90. The quantitative estimate of drug-likeness (QED) is 0.123. The summed E-state index contributed by atoms with van der Waals surface area (Å²) in [5.74, 6) is 4.90. The first-order valence-corrected chi connectivity index (χ1v) is 24.9. The third kappa shape index (κ3) is 5.03. The summed E-state index contributed by atoms with van der Waals surface area (Å²) in [6, 6.07) is 82.0. The highest BCUT2D eigenvalue weighted by molar-refractivity contribution is 7.20. The summed E-state index contributed by atoms with van der Waals surface area (Å²) >= 11 is 0. The molecule has 3 aliphatic heterocycles. The van der Waals surface area contributed by atoms with E-state index in [2.05, 4.69) is 209 Å². The number of para-hydroxylation sites is 3. The van der Waals surface area contributed by atoms with Gasteiger partial charge in [0, 0.05) is 55.8 Å². The second-order valence-corrected chi connectivity index (χ2v) is 21.7. The van der Waals surface area contributed by atoms with Gasteiger partial charge in [0.25, 0.3) is 6.71 Å². The Morgan fingerprint density at radius 3 is 1.24 bits per heavy atom. The molecule has 10 aromatic carbocycles. The second-order valence-electron chi connectivity index (χ2n) is 17.9. The summed E-state index contributed by atoms with van der Waals surface area (Å²) in [5, 5.41) is 10.2. The molecule has 0 saturated heterocycles. The highest BCUT2D eigenvalue weighted by atomic mass is 28.3. The topological polar surface area (TPSA) is 37.5 Å². The highest BCUT2D eigenvalue weighted by Gasteiger charge is 2.47. The van der Waals surface area contributed by atoms with Gasteiger partial charge in [-0.2, -0.15) is 0 Å². The largest absolute Gasteiger partial charge is 0.458 e. The van der Waals surface area contributed by atoms with Crippen molar-refractivity contribution in [2.45, 2.75) is 0 Å². The van der Waals surface area contributed by atoms with Gasteiger partial charge >= 0.3 is 0 Å². The summed E-state index contributed by atoms with van der Waals surface area (Å²) in [6.07, 6.45) is 0. The van der Waals surface area contributed by atoms with E-state index in [9.17, 15) is 0 Å². The first-order valence-electron chi connectivity index (χ1n) is 22.9. The number of aromatic nitrogens is 2. The lowest BCUT2D eigenvalue weighted by molar-refractivity contribution is 0.442. The fourth-order valence-electron chi connectivity index (χ4n) is 11.9. The molecule has 312 valence electrons. The van der Waals surface area contributed by atoms with Crippen LogP contribution in [-0.4, -0.2) is 23.9 Å². The standard InChI is InChI=1S/C60H37BN2O3Si/c1-3-17-40(18-4-1)67(41-19-5-2-6-20-41,42-21-13-16-38(34-42)62-48-25-10-7-22-44(48)45-23-8-11-26-49(45)62)43-32-33-51-47(37-43)46-24-9-12-27-50(46)63(51)39-35-56-60-57(36-39)66-55-31-15-29-53-59(55)61(60)58-52(64-53)28-14-30-54(58)65-56/h1-37H. The van der Waals surface area contributed by atoms with Crippen molar-refractivity contribution in [3.05, 3.63) is 224 Å². The average molecular weight is 873 g/mol. The molecule has 0 aliphatic carbocycles. The van der Waals surface area contributed by atoms with Crippen LogP contribution in [0.4, 0.5) is 0 Å². The Kier molecular flexibility index (Phi) is 7.55. The Balaban J connectivity index is 0.971. The van der Waals surface area contributed by atoms with Gasteiger partial charge in [0.2, 0.25) is 0 Å². The van der Waals surface area contributed by atoms with Gasteiger partial charge < -0.3 is 23.3 Å². The Bertz CT molecular complexity index is 3880.